The molecule has 0 aliphatic heterocycles. The van der Waals surface area contributed by atoms with E-state index in [0.717, 1.165) is 41.4 Å². The van der Waals surface area contributed by atoms with Crippen LogP contribution < -0.4 is 16.0 Å². The lowest BCUT2D eigenvalue weighted by Crippen LogP contribution is -2.37. The van der Waals surface area contributed by atoms with Crippen LogP contribution in [0.15, 0.2) is 46.0 Å². The lowest BCUT2D eigenvalue weighted by molar-refractivity contribution is 0.394. The topological polar surface area (TPSA) is 71.1 Å². The molecule has 0 spiro atoms. The van der Waals surface area contributed by atoms with Crippen LogP contribution in [-0.2, 0) is 20.6 Å². The molecule has 1 aliphatic rings. The molecule has 4 aromatic rings. The summed E-state index contributed by atoms with van der Waals surface area (Å²) < 4.78 is 10.5. The fraction of sp³-hybridized carbons (Fsp3) is 0.346. The second-order valence-electron chi connectivity index (χ2n) is 9.21. The highest BCUT2D eigenvalue weighted by Crippen LogP contribution is 2.40. The predicted octanol–water partition coefficient (Wildman–Crippen LogP) is 6.28. The molecule has 0 amide bonds. The van der Waals surface area contributed by atoms with Gasteiger partial charge in [-0.2, -0.15) is 4.98 Å². The number of aryl methyl sites for hydroxylation is 1. The molecule has 0 atom stereocenters. The number of hydrogen-bond acceptors (Lipinski definition) is 4. The van der Waals surface area contributed by atoms with Gasteiger partial charge in [0.25, 0.3) is 5.56 Å². The molecule has 0 bridgehead atoms. The molecular weight excluding hydrogens is 523 g/mol. The molecule has 5 rings (SSSR count). The standard InChI is InChI=1S/C26H25Cl3N4O3/c1-31-23-22(24(34)32(2)26(31)35)33(14-16-8-9-18(28)13-20(16)29)25(30-23)36-21-11-10-17(27)12-19(21)15-6-4-3-5-7-15/h8-13,15H,3-7,14H2,1-2H3. The molecule has 0 unspecified atom stereocenters. The van der Waals surface area contributed by atoms with E-state index in [0.29, 0.717) is 26.7 Å². The van der Waals surface area contributed by atoms with E-state index >= 15 is 0 Å². The van der Waals surface area contributed by atoms with E-state index in [-0.39, 0.29) is 23.7 Å². The van der Waals surface area contributed by atoms with E-state index < -0.39 is 11.2 Å². The van der Waals surface area contributed by atoms with Crippen LogP contribution in [0, 0.1) is 0 Å². The monoisotopic (exact) mass is 546 g/mol. The smallest absolute Gasteiger partial charge is 0.332 e. The van der Waals surface area contributed by atoms with Gasteiger partial charge in [0.05, 0.1) is 6.54 Å². The average Bonchev–Trinajstić information content (AvgIpc) is 3.22. The van der Waals surface area contributed by atoms with E-state index in [1.165, 1.54) is 18.0 Å². The molecule has 7 nitrogen and oxygen atoms in total. The number of benzene rings is 2. The van der Waals surface area contributed by atoms with Crippen molar-refractivity contribution in [1.82, 2.24) is 18.7 Å². The van der Waals surface area contributed by atoms with Gasteiger partial charge < -0.3 is 4.74 Å². The molecule has 10 heteroatoms. The zero-order valence-electron chi connectivity index (χ0n) is 19.9. The lowest BCUT2D eigenvalue weighted by Gasteiger charge is -2.24. The van der Waals surface area contributed by atoms with Crippen LogP contribution in [0.2, 0.25) is 15.1 Å². The van der Waals surface area contributed by atoms with Gasteiger partial charge in [0, 0.05) is 29.2 Å². The van der Waals surface area contributed by atoms with Crippen molar-refractivity contribution in [3.63, 3.8) is 0 Å². The van der Waals surface area contributed by atoms with Crippen molar-refractivity contribution in [3.8, 4) is 11.8 Å². The van der Waals surface area contributed by atoms with E-state index in [2.05, 4.69) is 4.98 Å². The molecule has 2 aromatic carbocycles. The number of ether oxygens (including phenoxy) is 1. The molecule has 1 aliphatic carbocycles. The van der Waals surface area contributed by atoms with Crippen LogP contribution in [0.3, 0.4) is 0 Å². The minimum atomic E-state index is -0.470. The van der Waals surface area contributed by atoms with Gasteiger partial charge in [0.2, 0.25) is 0 Å². The summed E-state index contributed by atoms with van der Waals surface area (Å²) in [7, 11) is 3.02. The van der Waals surface area contributed by atoms with Gasteiger partial charge in [0.15, 0.2) is 11.2 Å². The average molecular weight is 548 g/mol. The first-order valence-corrected chi connectivity index (χ1v) is 13.0. The third kappa shape index (κ3) is 4.56. The summed E-state index contributed by atoms with van der Waals surface area (Å²) in [4.78, 5) is 30.5. The van der Waals surface area contributed by atoms with Crippen molar-refractivity contribution < 1.29 is 4.74 Å². The second-order valence-corrected chi connectivity index (χ2v) is 10.5. The molecule has 188 valence electrons. The Morgan fingerprint density at radius 1 is 0.944 bits per heavy atom. The Bertz CT molecular complexity index is 1580. The van der Waals surface area contributed by atoms with Gasteiger partial charge in [-0.15, -0.1) is 0 Å². The Labute approximate surface area is 222 Å². The Morgan fingerprint density at radius 2 is 1.64 bits per heavy atom. The van der Waals surface area contributed by atoms with E-state index in [1.807, 2.05) is 12.1 Å². The maximum Gasteiger partial charge on any atom is 0.332 e. The van der Waals surface area contributed by atoms with Gasteiger partial charge >= 0.3 is 11.7 Å². The first kappa shape index (κ1) is 24.9. The van der Waals surface area contributed by atoms with Crippen molar-refractivity contribution in [2.24, 2.45) is 14.1 Å². The van der Waals surface area contributed by atoms with Crippen LogP contribution in [0.4, 0.5) is 0 Å². The normalized spacial score (nSPS) is 14.5. The summed E-state index contributed by atoms with van der Waals surface area (Å²) in [5.41, 5.74) is 1.29. The predicted molar refractivity (Wildman–Crippen MR) is 143 cm³/mol. The van der Waals surface area contributed by atoms with E-state index in [1.54, 1.807) is 35.9 Å². The van der Waals surface area contributed by atoms with Crippen molar-refractivity contribution in [2.45, 2.75) is 44.6 Å². The molecule has 0 saturated heterocycles. The third-order valence-electron chi connectivity index (χ3n) is 6.87. The van der Waals surface area contributed by atoms with Crippen molar-refractivity contribution in [3.05, 3.63) is 83.4 Å². The lowest BCUT2D eigenvalue weighted by atomic mass is 9.84. The number of halogens is 3. The van der Waals surface area contributed by atoms with Gasteiger partial charge in [0.1, 0.15) is 5.75 Å². The molecule has 0 radical (unpaired) electrons. The van der Waals surface area contributed by atoms with Crippen molar-refractivity contribution in [2.75, 3.05) is 0 Å². The van der Waals surface area contributed by atoms with Gasteiger partial charge in [-0.25, -0.2) is 4.79 Å². The highest BCUT2D eigenvalue weighted by molar-refractivity contribution is 6.35. The first-order valence-electron chi connectivity index (χ1n) is 11.8. The van der Waals surface area contributed by atoms with Gasteiger partial charge in [-0.1, -0.05) is 60.1 Å². The van der Waals surface area contributed by atoms with Crippen LogP contribution in [0.5, 0.6) is 11.8 Å². The number of fused-ring (bicyclic) bond motifs is 1. The first-order chi connectivity index (χ1) is 17.2. The Kier molecular flexibility index (Phi) is 6.90. The van der Waals surface area contributed by atoms with Gasteiger partial charge in [-0.05, 0) is 60.2 Å². The summed E-state index contributed by atoms with van der Waals surface area (Å²) in [6, 6.07) is 10.9. The maximum absolute atomic E-state index is 13.2. The number of hydrogen-bond donors (Lipinski definition) is 0. The number of nitrogens with zero attached hydrogens (tertiary/aromatic N) is 4. The van der Waals surface area contributed by atoms with Crippen LogP contribution >= 0.6 is 34.8 Å². The van der Waals surface area contributed by atoms with Crippen LogP contribution in [0.25, 0.3) is 11.2 Å². The molecule has 2 heterocycles. The number of rotatable bonds is 5. The van der Waals surface area contributed by atoms with Gasteiger partial charge in [-0.3, -0.25) is 18.5 Å². The highest BCUT2D eigenvalue weighted by Gasteiger charge is 2.24. The molecule has 2 aromatic heterocycles. The summed E-state index contributed by atoms with van der Waals surface area (Å²) in [6.45, 7) is 0.196. The molecule has 0 N–H and O–H groups in total. The second kappa shape index (κ2) is 9.96. The van der Waals surface area contributed by atoms with E-state index in [4.69, 9.17) is 39.5 Å². The zero-order valence-corrected chi connectivity index (χ0v) is 22.2. The molecule has 36 heavy (non-hydrogen) atoms. The van der Waals surface area contributed by atoms with Crippen LogP contribution in [0.1, 0.15) is 49.1 Å². The minimum Gasteiger partial charge on any atom is -0.425 e. The van der Waals surface area contributed by atoms with Crippen molar-refractivity contribution in [1.29, 1.82) is 0 Å². The van der Waals surface area contributed by atoms with Crippen LogP contribution in [-0.4, -0.2) is 18.7 Å². The van der Waals surface area contributed by atoms with Crippen molar-refractivity contribution >= 4 is 46.0 Å². The maximum atomic E-state index is 13.2. The largest absolute Gasteiger partial charge is 0.425 e. The number of aromatic nitrogens is 4. The molecule has 1 fully saturated rings. The fourth-order valence-corrected chi connectivity index (χ4v) is 5.56. The third-order valence-corrected chi connectivity index (χ3v) is 7.70. The molecule has 1 saturated carbocycles. The number of imidazole rings is 1. The Morgan fingerprint density at radius 3 is 2.36 bits per heavy atom. The Balaban J connectivity index is 1.69. The summed E-state index contributed by atoms with van der Waals surface area (Å²) in [5, 5.41) is 1.60. The summed E-state index contributed by atoms with van der Waals surface area (Å²) in [5.74, 6) is 0.958. The SMILES string of the molecule is Cn1c(=O)c2c(nc(Oc3ccc(Cl)cc3C3CCCCC3)n2Cc2ccc(Cl)cc2Cl)n(C)c1=O. The van der Waals surface area contributed by atoms with E-state index in [9.17, 15) is 9.59 Å². The quantitative estimate of drug-likeness (QED) is 0.295. The molecular formula is C26H25Cl3N4O3. The minimum absolute atomic E-state index is 0.189. The fourth-order valence-electron chi connectivity index (χ4n) is 4.91. The Hall–Kier alpha value is -2.74. The zero-order chi connectivity index (χ0) is 25.6. The summed E-state index contributed by atoms with van der Waals surface area (Å²) >= 11 is 18.9. The highest BCUT2D eigenvalue weighted by atomic mass is 35.5. The summed E-state index contributed by atoms with van der Waals surface area (Å²) in [6.07, 6.45) is 5.65.